The van der Waals surface area contributed by atoms with Gasteiger partial charge in [-0.1, -0.05) is 77.9 Å². The largest absolute Gasteiger partial charge is 0.316 e. The summed E-state index contributed by atoms with van der Waals surface area (Å²) in [5.41, 5.74) is 0. The maximum Gasteiger partial charge on any atom is -0.00142 e. The van der Waals surface area contributed by atoms with E-state index in [1.165, 1.54) is 64.2 Å². The average Bonchev–Trinajstić information content (AvgIpc) is 2.39. The van der Waals surface area contributed by atoms with E-state index in [1.807, 2.05) is 0 Å². The quantitative estimate of drug-likeness (QED) is 0.314. The van der Waals surface area contributed by atoms with Crippen LogP contribution in [0.2, 0.25) is 0 Å². The Hall–Kier alpha value is -0.300. The van der Waals surface area contributed by atoms with Crippen molar-refractivity contribution in [1.82, 2.24) is 5.32 Å². The molecule has 0 amide bonds. The van der Waals surface area contributed by atoms with Crippen LogP contribution in [0.25, 0.3) is 0 Å². The lowest BCUT2D eigenvalue weighted by Gasteiger charge is -2.04. The van der Waals surface area contributed by atoms with Crippen molar-refractivity contribution in [2.24, 2.45) is 5.92 Å². The highest BCUT2D eigenvalue weighted by atomic mass is 14.8. The molecule has 1 nitrogen and oxygen atoms in total. The standard InChI is InChI=1S/C18H37N/c1-4-5-6-7-8-9-10-11-12-13-14-15-16-19-17-18(2)3/h13-14,18-19H,4-12,15-17H2,1-3H3. The summed E-state index contributed by atoms with van der Waals surface area (Å²) in [7, 11) is 0. The van der Waals surface area contributed by atoms with Crippen molar-refractivity contribution in [3.8, 4) is 0 Å². The third kappa shape index (κ3) is 17.7. The monoisotopic (exact) mass is 267 g/mol. The zero-order valence-corrected chi connectivity index (χ0v) is 13.7. The summed E-state index contributed by atoms with van der Waals surface area (Å²) in [5.74, 6) is 0.765. The molecule has 0 fully saturated rings. The van der Waals surface area contributed by atoms with Crippen LogP contribution in [0.1, 0.15) is 85.0 Å². The Labute approximate surface area is 122 Å². The number of hydrogen-bond acceptors (Lipinski definition) is 1. The van der Waals surface area contributed by atoms with Crippen molar-refractivity contribution >= 4 is 0 Å². The topological polar surface area (TPSA) is 12.0 Å². The normalized spacial score (nSPS) is 11.8. The molecule has 0 saturated heterocycles. The van der Waals surface area contributed by atoms with Gasteiger partial charge in [0.05, 0.1) is 0 Å². The average molecular weight is 268 g/mol. The molecule has 0 aliphatic carbocycles. The number of rotatable bonds is 14. The van der Waals surface area contributed by atoms with Gasteiger partial charge in [0.25, 0.3) is 0 Å². The second-order valence-corrected chi connectivity index (χ2v) is 6.12. The van der Waals surface area contributed by atoms with Gasteiger partial charge >= 0.3 is 0 Å². The summed E-state index contributed by atoms with van der Waals surface area (Å²) in [5, 5.41) is 3.47. The van der Waals surface area contributed by atoms with Gasteiger partial charge in [-0.2, -0.15) is 0 Å². The third-order valence-corrected chi connectivity index (χ3v) is 3.43. The number of hydrogen-bond donors (Lipinski definition) is 1. The molecule has 0 heterocycles. The van der Waals surface area contributed by atoms with E-state index in [2.05, 4.69) is 38.2 Å². The molecule has 0 aromatic heterocycles. The van der Waals surface area contributed by atoms with Gasteiger partial charge in [0.2, 0.25) is 0 Å². The van der Waals surface area contributed by atoms with Crippen molar-refractivity contribution < 1.29 is 0 Å². The van der Waals surface area contributed by atoms with E-state index in [-0.39, 0.29) is 0 Å². The first-order valence-corrected chi connectivity index (χ1v) is 8.63. The lowest BCUT2D eigenvalue weighted by molar-refractivity contribution is 0.556. The van der Waals surface area contributed by atoms with Crippen LogP contribution >= 0.6 is 0 Å². The van der Waals surface area contributed by atoms with Gasteiger partial charge in [-0.3, -0.25) is 0 Å². The molecule has 0 aromatic rings. The fourth-order valence-electron chi connectivity index (χ4n) is 2.21. The Morgan fingerprint density at radius 3 is 2.00 bits per heavy atom. The molecule has 0 bridgehead atoms. The van der Waals surface area contributed by atoms with Crippen LogP contribution in [0.3, 0.4) is 0 Å². The van der Waals surface area contributed by atoms with Crippen molar-refractivity contribution in [1.29, 1.82) is 0 Å². The minimum absolute atomic E-state index is 0.765. The Morgan fingerprint density at radius 1 is 0.789 bits per heavy atom. The summed E-state index contributed by atoms with van der Waals surface area (Å²) < 4.78 is 0. The first-order chi connectivity index (χ1) is 9.27. The molecule has 0 spiro atoms. The minimum atomic E-state index is 0.765. The highest BCUT2D eigenvalue weighted by Crippen LogP contribution is 2.09. The van der Waals surface area contributed by atoms with Crippen molar-refractivity contribution in [3.05, 3.63) is 12.2 Å². The van der Waals surface area contributed by atoms with E-state index in [0.717, 1.165) is 19.0 Å². The van der Waals surface area contributed by atoms with E-state index in [9.17, 15) is 0 Å². The summed E-state index contributed by atoms with van der Waals surface area (Å²) in [6, 6.07) is 0. The fourth-order valence-corrected chi connectivity index (χ4v) is 2.21. The Balaban J connectivity index is 3.04. The second kappa shape index (κ2) is 15.8. The smallest absolute Gasteiger partial charge is 0.00142 e. The zero-order chi connectivity index (χ0) is 14.2. The van der Waals surface area contributed by atoms with Crippen molar-refractivity contribution in [3.63, 3.8) is 0 Å². The molecule has 0 saturated carbocycles. The van der Waals surface area contributed by atoms with E-state index >= 15 is 0 Å². The molecule has 0 aliphatic rings. The molecule has 0 radical (unpaired) electrons. The van der Waals surface area contributed by atoms with E-state index in [1.54, 1.807) is 0 Å². The van der Waals surface area contributed by atoms with E-state index in [0.29, 0.717) is 0 Å². The van der Waals surface area contributed by atoms with Gasteiger partial charge in [0, 0.05) is 0 Å². The first kappa shape index (κ1) is 18.7. The van der Waals surface area contributed by atoms with Gasteiger partial charge in [0.15, 0.2) is 0 Å². The van der Waals surface area contributed by atoms with Gasteiger partial charge in [-0.15, -0.1) is 0 Å². The van der Waals surface area contributed by atoms with Crippen LogP contribution in [0.15, 0.2) is 12.2 Å². The highest BCUT2D eigenvalue weighted by Gasteiger charge is 1.91. The summed E-state index contributed by atoms with van der Waals surface area (Å²) >= 11 is 0. The molecule has 1 heteroatoms. The highest BCUT2D eigenvalue weighted by molar-refractivity contribution is 4.82. The minimum Gasteiger partial charge on any atom is -0.316 e. The van der Waals surface area contributed by atoms with Gasteiger partial charge < -0.3 is 5.32 Å². The predicted octanol–water partition coefficient (Wildman–Crippen LogP) is 5.71. The van der Waals surface area contributed by atoms with Crippen molar-refractivity contribution in [2.45, 2.75) is 85.0 Å². The van der Waals surface area contributed by atoms with Crippen molar-refractivity contribution in [2.75, 3.05) is 13.1 Å². The van der Waals surface area contributed by atoms with Gasteiger partial charge in [0.1, 0.15) is 0 Å². The van der Waals surface area contributed by atoms with Crippen LogP contribution in [-0.2, 0) is 0 Å². The summed E-state index contributed by atoms with van der Waals surface area (Å²) in [4.78, 5) is 0. The molecular formula is C18H37N. The SMILES string of the molecule is CCCCCCCCCCC=CCCNCC(C)C. The van der Waals surface area contributed by atoms with Crippen LogP contribution in [0, 0.1) is 5.92 Å². The summed E-state index contributed by atoms with van der Waals surface area (Å²) in [6.45, 7) is 9.07. The molecular weight excluding hydrogens is 230 g/mol. The van der Waals surface area contributed by atoms with E-state index in [4.69, 9.17) is 0 Å². The predicted molar refractivity (Wildman–Crippen MR) is 88.7 cm³/mol. The number of allylic oxidation sites excluding steroid dienone is 1. The third-order valence-electron chi connectivity index (χ3n) is 3.43. The first-order valence-electron chi connectivity index (χ1n) is 8.63. The molecule has 0 aliphatic heterocycles. The van der Waals surface area contributed by atoms with Crippen LogP contribution < -0.4 is 5.32 Å². The lowest BCUT2D eigenvalue weighted by Crippen LogP contribution is -2.20. The van der Waals surface area contributed by atoms with E-state index < -0.39 is 0 Å². The van der Waals surface area contributed by atoms with Gasteiger partial charge in [-0.25, -0.2) is 0 Å². The van der Waals surface area contributed by atoms with Crippen LogP contribution in [0.5, 0.6) is 0 Å². The molecule has 19 heavy (non-hydrogen) atoms. The number of unbranched alkanes of at least 4 members (excludes halogenated alkanes) is 8. The fraction of sp³-hybridized carbons (Fsp3) is 0.889. The van der Waals surface area contributed by atoms with Gasteiger partial charge in [-0.05, 0) is 38.3 Å². The van der Waals surface area contributed by atoms with Crippen LogP contribution in [-0.4, -0.2) is 13.1 Å². The molecule has 114 valence electrons. The number of nitrogens with one attached hydrogen (secondary N) is 1. The molecule has 0 unspecified atom stereocenters. The molecule has 0 atom stereocenters. The molecule has 0 rings (SSSR count). The lowest BCUT2D eigenvalue weighted by atomic mass is 10.1. The maximum absolute atomic E-state index is 3.47. The Morgan fingerprint density at radius 2 is 1.37 bits per heavy atom. The Kier molecular flexibility index (Phi) is 15.5. The molecule has 0 aromatic carbocycles. The zero-order valence-electron chi connectivity index (χ0n) is 13.7. The second-order valence-electron chi connectivity index (χ2n) is 6.12. The molecule has 1 N–H and O–H groups in total. The maximum atomic E-state index is 3.47. The Bertz CT molecular complexity index is 184. The van der Waals surface area contributed by atoms with Crippen LogP contribution in [0.4, 0.5) is 0 Å². The summed E-state index contributed by atoms with van der Waals surface area (Å²) in [6.07, 6.45) is 18.5.